The van der Waals surface area contributed by atoms with Gasteiger partial charge in [-0.1, -0.05) is 38.5 Å². The maximum Gasteiger partial charge on any atom is 0.146 e. The van der Waals surface area contributed by atoms with Crippen LogP contribution in [0.5, 0.6) is 0 Å². The van der Waals surface area contributed by atoms with Crippen LogP contribution in [0.3, 0.4) is 0 Å². The smallest absolute Gasteiger partial charge is 0.146 e. The molecule has 0 heterocycles. The van der Waals surface area contributed by atoms with Crippen LogP contribution in [-0.4, -0.2) is 22.0 Å². The Kier molecular flexibility index (Phi) is 5.84. The zero-order valence-electron chi connectivity index (χ0n) is 11.2. The van der Waals surface area contributed by atoms with Crippen LogP contribution in [-0.2, 0) is 4.43 Å². The second kappa shape index (κ2) is 7.15. The Bertz CT molecular complexity index is 212. The fraction of sp³-hybridized carbons (Fsp3) is 1.00. The van der Waals surface area contributed by atoms with Gasteiger partial charge in [-0.25, -0.2) is 0 Å². The molecule has 0 aromatic rings. The molecule has 2 aliphatic carbocycles. The largest absolute Gasteiger partial charge is 0.423 e. The molecule has 0 amide bonds. The highest BCUT2D eigenvalue weighted by molar-refractivity contribution is 6.21. The third-order valence-corrected chi connectivity index (χ3v) is 5.95. The van der Waals surface area contributed by atoms with E-state index in [1.54, 1.807) is 0 Å². The standard InChI is InChI=1S/C14H27ClOSi/c15-13(11-7-3-1-4-8-11)14(16-17)12-9-5-2-6-10-12/h11-14H,1-10H2,17H3. The van der Waals surface area contributed by atoms with Crippen LogP contribution in [0.15, 0.2) is 0 Å². The molecule has 0 aromatic carbocycles. The molecule has 17 heavy (non-hydrogen) atoms. The van der Waals surface area contributed by atoms with Gasteiger partial charge in [0.25, 0.3) is 0 Å². The zero-order valence-corrected chi connectivity index (χ0v) is 13.9. The van der Waals surface area contributed by atoms with Crippen LogP contribution in [0.25, 0.3) is 0 Å². The zero-order chi connectivity index (χ0) is 12.1. The van der Waals surface area contributed by atoms with Crippen molar-refractivity contribution < 1.29 is 4.43 Å². The molecule has 2 unspecified atom stereocenters. The van der Waals surface area contributed by atoms with Crippen molar-refractivity contribution in [3.63, 3.8) is 0 Å². The lowest BCUT2D eigenvalue weighted by atomic mass is 9.78. The fourth-order valence-electron chi connectivity index (χ4n) is 3.77. The summed E-state index contributed by atoms with van der Waals surface area (Å²) < 4.78 is 5.91. The summed E-state index contributed by atoms with van der Waals surface area (Å²) in [6.45, 7) is 0. The molecule has 100 valence electrons. The maximum atomic E-state index is 6.76. The highest BCUT2D eigenvalue weighted by Gasteiger charge is 2.34. The van der Waals surface area contributed by atoms with Crippen molar-refractivity contribution in [2.24, 2.45) is 11.8 Å². The number of alkyl halides is 1. The van der Waals surface area contributed by atoms with Crippen LogP contribution in [0, 0.1) is 11.8 Å². The van der Waals surface area contributed by atoms with Gasteiger partial charge >= 0.3 is 0 Å². The molecule has 3 heteroatoms. The van der Waals surface area contributed by atoms with Crippen LogP contribution in [0.1, 0.15) is 64.2 Å². The molecule has 2 rings (SSSR count). The van der Waals surface area contributed by atoms with E-state index in [0.29, 0.717) is 6.10 Å². The Hall–Kier alpha value is 0.467. The second-order valence-electron chi connectivity index (χ2n) is 5.94. The van der Waals surface area contributed by atoms with Gasteiger partial charge < -0.3 is 4.43 Å². The highest BCUT2D eigenvalue weighted by Crippen LogP contribution is 2.37. The minimum Gasteiger partial charge on any atom is -0.423 e. The lowest BCUT2D eigenvalue weighted by Crippen LogP contribution is -2.38. The van der Waals surface area contributed by atoms with Gasteiger partial charge in [0, 0.05) is 0 Å². The van der Waals surface area contributed by atoms with Gasteiger partial charge in [-0.15, -0.1) is 11.6 Å². The van der Waals surface area contributed by atoms with Gasteiger partial charge in [-0.05, 0) is 37.5 Å². The van der Waals surface area contributed by atoms with E-state index < -0.39 is 0 Å². The molecular weight excluding hydrogens is 248 g/mol. The van der Waals surface area contributed by atoms with E-state index in [-0.39, 0.29) is 5.38 Å². The summed E-state index contributed by atoms with van der Waals surface area (Å²) in [5, 5.41) is 0.288. The molecular formula is C14H27ClOSi. The Labute approximate surface area is 114 Å². The van der Waals surface area contributed by atoms with Crippen molar-refractivity contribution >= 4 is 22.1 Å². The number of hydrogen-bond acceptors (Lipinski definition) is 1. The summed E-state index contributed by atoms with van der Waals surface area (Å²) in [7, 11) is 0.840. The average Bonchev–Trinajstić information content (AvgIpc) is 2.42. The van der Waals surface area contributed by atoms with E-state index in [1.807, 2.05) is 0 Å². The molecule has 0 aliphatic heterocycles. The topological polar surface area (TPSA) is 9.23 Å². The van der Waals surface area contributed by atoms with Crippen molar-refractivity contribution in [1.29, 1.82) is 0 Å². The lowest BCUT2D eigenvalue weighted by molar-refractivity contribution is 0.0897. The monoisotopic (exact) mass is 274 g/mol. The number of hydrogen-bond donors (Lipinski definition) is 0. The molecule has 2 saturated carbocycles. The first-order valence-corrected chi connectivity index (χ1v) is 8.75. The maximum absolute atomic E-state index is 6.76. The van der Waals surface area contributed by atoms with Crippen molar-refractivity contribution in [2.45, 2.75) is 75.7 Å². The first kappa shape index (κ1) is 13.9. The van der Waals surface area contributed by atoms with Gasteiger partial charge in [-0.3, -0.25) is 0 Å². The summed E-state index contributed by atoms with van der Waals surface area (Å²) in [5.41, 5.74) is 0. The first-order chi connectivity index (χ1) is 8.33. The molecule has 0 N–H and O–H groups in total. The minimum absolute atomic E-state index is 0.288. The third-order valence-electron chi connectivity index (χ3n) is 4.80. The Morgan fingerprint density at radius 3 is 1.76 bits per heavy atom. The van der Waals surface area contributed by atoms with Gasteiger partial charge in [0.2, 0.25) is 0 Å². The van der Waals surface area contributed by atoms with Crippen molar-refractivity contribution in [1.82, 2.24) is 0 Å². The fourth-order valence-corrected chi connectivity index (χ4v) is 5.18. The Morgan fingerprint density at radius 2 is 1.29 bits per heavy atom. The quantitative estimate of drug-likeness (QED) is 0.564. The Balaban J connectivity index is 1.90. The van der Waals surface area contributed by atoms with E-state index in [4.69, 9.17) is 16.0 Å². The predicted molar refractivity (Wildman–Crippen MR) is 77.6 cm³/mol. The SMILES string of the molecule is [SiH3]OC(C1CCCCC1)C(Cl)C1CCCCC1. The molecule has 1 nitrogen and oxygen atoms in total. The molecule has 0 aromatic heterocycles. The van der Waals surface area contributed by atoms with Gasteiger partial charge in [0.1, 0.15) is 10.5 Å². The number of halogens is 1. The molecule has 0 saturated heterocycles. The normalized spacial score (nSPS) is 28.1. The molecule has 0 radical (unpaired) electrons. The van der Waals surface area contributed by atoms with E-state index in [0.717, 1.165) is 22.3 Å². The molecule has 2 atom stereocenters. The van der Waals surface area contributed by atoms with Crippen LogP contribution in [0.4, 0.5) is 0 Å². The van der Waals surface area contributed by atoms with Crippen molar-refractivity contribution in [3.8, 4) is 0 Å². The summed E-state index contributed by atoms with van der Waals surface area (Å²) >= 11 is 6.76. The Morgan fingerprint density at radius 1 is 0.824 bits per heavy atom. The third kappa shape index (κ3) is 3.71. The number of rotatable bonds is 4. The van der Waals surface area contributed by atoms with E-state index in [9.17, 15) is 0 Å². The summed E-state index contributed by atoms with van der Waals surface area (Å²) in [5.74, 6) is 1.48. The van der Waals surface area contributed by atoms with Crippen molar-refractivity contribution in [3.05, 3.63) is 0 Å². The molecule has 0 bridgehead atoms. The molecule has 0 spiro atoms. The van der Waals surface area contributed by atoms with Crippen LogP contribution in [0.2, 0.25) is 0 Å². The van der Waals surface area contributed by atoms with Gasteiger partial charge in [-0.2, -0.15) is 0 Å². The van der Waals surface area contributed by atoms with Crippen LogP contribution < -0.4 is 0 Å². The van der Waals surface area contributed by atoms with Crippen LogP contribution >= 0.6 is 11.6 Å². The van der Waals surface area contributed by atoms with Gasteiger partial charge in [0.15, 0.2) is 0 Å². The summed E-state index contributed by atoms with van der Waals surface area (Å²) in [6, 6.07) is 0. The van der Waals surface area contributed by atoms with E-state index in [1.165, 1.54) is 64.2 Å². The summed E-state index contributed by atoms with van der Waals surface area (Å²) in [4.78, 5) is 0. The van der Waals surface area contributed by atoms with Gasteiger partial charge in [0.05, 0.1) is 11.5 Å². The summed E-state index contributed by atoms with van der Waals surface area (Å²) in [6.07, 6.45) is 14.1. The second-order valence-corrected chi connectivity index (χ2v) is 6.92. The average molecular weight is 275 g/mol. The highest BCUT2D eigenvalue weighted by atomic mass is 35.5. The predicted octanol–water partition coefficient (Wildman–Crippen LogP) is 3.42. The van der Waals surface area contributed by atoms with Crippen molar-refractivity contribution in [2.75, 3.05) is 0 Å². The minimum atomic E-state index is 0.288. The lowest BCUT2D eigenvalue weighted by Gasteiger charge is -2.37. The molecule has 2 fully saturated rings. The van der Waals surface area contributed by atoms with E-state index in [2.05, 4.69) is 0 Å². The molecule has 2 aliphatic rings. The van der Waals surface area contributed by atoms with E-state index >= 15 is 0 Å². The first-order valence-electron chi connectivity index (χ1n) is 7.50.